The van der Waals surface area contributed by atoms with Crippen molar-refractivity contribution in [3.05, 3.63) is 11.6 Å². The summed E-state index contributed by atoms with van der Waals surface area (Å²) in [5.74, 6) is -0.915. The van der Waals surface area contributed by atoms with Crippen LogP contribution >= 0.6 is 0 Å². The lowest BCUT2D eigenvalue weighted by Gasteiger charge is -1.85. The van der Waals surface area contributed by atoms with Gasteiger partial charge in [0.25, 0.3) is 0 Å². The molecule has 0 aliphatic heterocycles. The molecule has 0 saturated heterocycles. The van der Waals surface area contributed by atoms with Gasteiger partial charge in [0.1, 0.15) is 0 Å². The molecule has 0 amide bonds. The van der Waals surface area contributed by atoms with Crippen LogP contribution in [0.2, 0.25) is 0 Å². The van der Waals surface area contributed by atoms with E-state index in [0.717, 1.165) is 12.0 Å². The third-order valence-electron chi connectivity index (χ3n) is 1.35. The minimum Gasteiger partial charge on any atom is -0.481 e. The second-order valence-electron chi connectivity index (χ2n) is 1.91. The van der Waals surface area contributed by atoms with Crippen LogP contribution in [-0.4, -0.2) is 11.1 Å². The predicted molar refractivity (Wildman–Crippen MR) is 29.5 cm³/mol. The minimum atomic E-state index is -0.707. The fraction of sp³-hybridized carbons (Fsp3) is 0.500. The molecule has 0 saturated carbocycles. The molecule has 1 rings (SSSR count). The first-order chi connectivity index (χ1) is 3.75. The number of hydrogen-bond acceptors (Lipinski definition) is 1. The van der Waals surface area contributed by atoms with Crippen molar-refractivity contribution in [3.63, 3.8) is 0 Å². The summed E-state index contributed by atoms with van der Waals surface area (Å²) in [4.78, 5) is 10.1. The van der Waals surface area contributed by atoms with E-state index in [1.165, 1.54) is 0 Å². The number of carbonyl (C=O) groups is 1. The molecule has 0 spiro atoms. The standard InChI is InChI=1S/C6H8O2/c1-2-4-3-5(4)6(7)8/h3,5H,2H2,1H3,(H,7,8). The molecular formula is C6H8O2. The molecule has 0 aromatic carbocycles. The molecule has 1 unspecified atom stereocenters. The zero-order valence-electron chi connectivity index (χ0n) is 4.72. The number of aliphatic carboxylic acids is 1. The number of carboxylic acids is 1. The van der Waals surface area contributed by atoms with E-state index in [9.17, 15) is 4.79 Å². The smallest absolute Gasteiger partial charge is 0.314 e. The molecule has 44 valence electrons. The normalized spacial score (nSPS) is 24.6. The van der Waals surface area contributed by atoms with Crippen LogP contribution in [0.25, 0.3) is 0 Å². The summed E-state index contributed by atoms with van der Waals surface area (Å²) >= 11 is 0. The molecule has 1 N–H and O–H groups in total. The summed E-state index contributed by atoms with van der Waals surface area (Å²) in [5, 5.41) is 8.30. The van der Waals surface area contributed by atoms with Crippen LogP contribution in [0.3, 0.4) is 0 Å². The Morgan fingerprint density at radius 1 is 2.00 bits per heavy atom. The van der Waals surface area contributed by atoms with Crippen molar-refractivity contribution in [2.24, 2.45) is 5.92 Å². The highest BCUT2D eigenvalue weighted by Crippen LogP contribution is 2.30. The van der Waals surface area contributed by atoms with Crippen LogP contribution in [0.1, 0.15) is 13.3 Å². The molecule has 1 aliphatic rings. The van der Waals surface area contributed by atoms with Gasteiger partial charge in [-0.1, -0.05) is 18.6 Å². The second kappa shape index (κ2) is 1.62. The Morgan fingerprint density at radius 2 is 2.62 bits per heavy atom. The second-order valence-corrected chi connectivity index (χ2v) is 1.91. The molecule has 1 atom stereocenters. The Kier molecular flexibility index (Phi) is 1.08. The molecule has 0 aromatic rings. The first kappa shape index (κ1) is 5.35. The molecule has 2 nitrogen and oxygen atoms in total. The zero-order valence-corrected chi connectivity index (χ0v) is 4.72. The van der Waals surface area contributed by atoms with Crippen molar-refractivity contribution < 1.29 is 9.90 Å². The maximum Gasteiger partial charge on any atom is 0.314 e. The van der Waals surface area contributed by atoms with E-state index in [2.05, 4.69) is 0 Å². The van der Waals surface area contributed by atoms with Crippen LogP contribution in [0.5, 0.6) is 0 Å². The highest BCUT2D eigenvalue weighted by atomic mass is 16.4. The monoisotopic (exact) mass is 112 g/mol. The Bertz CT molecular complexity index is 147. The summed E-state index contributed by atoms with van der Waals surface area (Å²) in [7, 11) is 0. The number of hydrogen-bond donors (Lipinski definition) is 1. The van der Waals surface area contributed by atoms with Gasteiger partial charge < -0.3 is 5.11 Å². The lowest BCUT2D eigenvalue weighted by Crippen LogP contribution is -1.99. The van der Waals surface area contributed by atoms with Crippen LogP contribution in [0.4, 0.5) is 0 Å². The van der Waals surface area contributed by atoms with Crippen LogP contribution < -0.4 is 0 Å². The molecule has 0 radical (unpaired) electrons. The van der Waals surface area contributed by atoms with Gasteiger partial charge >= 0.3 is 5.97 Å². The maximum atomic E-state index is 10.1. The molecule has 8 heavy (non-hydrogen) atoms. The summed E-state index contributed by atoms with van der Waals surface area (Å²) in [6.07, 6.45) is 2.67. The fourth-order valence-corrected chi connectivity index (χ4v) is 0.734. The van der Waals surface area contributed by atoms with Crippen LogP contribution in [-0.2, 0) is 4.79 Å². The Labute approximate surface area is 47.8 Å². The first-order valence-electron chi connectivity index (χ1n) is 2.69. The van der Waals surface area contributed by atoms with E-state index in [1.807, 2.05) is 6.92 Å². The van der Waals surface area contributed by atoms with Gasteiger partial charge in [-0.3, -0.25) is 4.79 Å². The van der Waals surface area contributed by atoms with Crippen molar-refractivity contribution >= 4 is 5.97 Å². The Hall–Kier alpha value is -0.790. The quantitative estimate of drug-likeness (QED) is 0.542. The van der Waals surface area contributed by atoms with Gasteiger partial charge in [-0.15, -0.1) is 0 Å². The zero-order chi connectivity index (χ0) is 6.15. The summed E-state index contributed by atoms with van der Waals surface area (Å²) < 4.78 is 0. The van der Waals surface area contributed by atoms with Crippen molar-refractivity contribution in [3.8, 4) is 0 Å². The molecule has 1 aliphatic carbocycles. The molecule has 0 aromatic heterocycles. The van der Waals surface area contributed by atoms with Gasteiger partial charge in [-0.05, 0) is 6.42 Å². The van der Waals surface area contributed by atoms with E-state index in [0.29, 0.717) is 0 Å². The van der Waals surface area contributed by atoms with Crippen LogP contribution in [0, 0.1) is 5.92 Å². The fourth-order valence-electron chi connectivity index (χ4n) is 0.734. The third-order valence-corrected chi connectivity index (χ3v) is 1.35. The van der Waals surface area contributed by atoms with E-state index in [4.69, 9.17) is 5.11 Å². The van der Waals surface area contributed by atoms with Crippen molar-refractivity contribution in [1.82, 2.24) is 0 Å². The van der Waals surface area contributed by atoms with Crippen molar-refractivity contribution in [1.29, 1.82) is 0 Å². The molecule has 2 heteroatoms. The molecule has 0 fully saturated rings. The van der Waals surface area contributed by atoms with Gasteiger partial charge in [0.15, 0.2) is 0 Å². The lowest BCUT2D eigenvalue weighted by molar-refractivity contribution is -0.137. The van der Waals surface area contributed by atoms with Crippen molar-refractivity contribution in [2.75, 3.05) is 0 Å². The van der Waals surface area contributed by atoms with Gasteiger partial charge in [0.05, 0.1) is 5.92 Å². The number of carboxylic acid groups (broad SMARTS) is 1. The highest BCUT2D eigenvalue weighted by molar-refractivity contribution is 5.81. The summed E-state index contributed by atoms with van der Waals surface area (Å²) in [5.41, 5.74) is 1.07. The van der Waals surface area contributed by atoms with Crippen LogP contribution in [0.15, 0.2) is 11.6 Å². The topological polar surface area (TPSA) is 37.3 Å². The SMILES string of the molecule is CCC1=CC1C(=O)O. The average molecular weight is 112 g/mol. The Balaban J connectivity index is 2.33. The summed E-state index contributed by atoms with van der Waals surface area (Å²) in [6.45, 7) is 1.97. The average Bonchev–Trinajstić information content (AvgIpc) is 2.42. The number of rotatable bonds is 2. The van der Waals surface area contributed by atoms with Gasteiger partial charge in [0, 0.05) is 0 Å². The van der Waals surface area contributed by atoms with E-state index in [1.54, 1.807) is 6.08 Å². The maximum absolute atomic E-state index is 10.1. The first-order valence-corrected chi connectivity index (χ1v) is 2.69. The van der Waals surface area contributed by atoms with Crippen molar-refractivity contribution in [2.45, 2.75) is 13.3 Å². The molecule has 0 bridgehead atoms. The molecule has 0 heterocycles. The minimum absolute atomic E-state index is 0.208. The van der Waals surface area contributed by atoms with Gasteiger partial charge in [-0.2, -0.15) is 0 Å². The predicted octanol–water partition coefficient (Wildman–Crippen LogP) is 1.04. The van der Waals surface area contributed by atoms with E-state index >= 15 is 0 Å². The largest absolute Gasteiger partial charge is 0.481 e. The lowest BCUT2D eigenvalue weighted by atomic mass is 10.2. The third kappa shape index (κ3) is 0.735. The Morgan fingerprint density at radius 3 is 2.75 bits per heavy atom. The van der Waals surface area contributed by atoms with E-state index < -0.39 is 5.97 Å². The van der Waals surface area contributed by atoms with Gasteiger partial charge in [-0.25, -0.2) is 0 Å². The van der Waals surface area contributed by atoms with E-state index in [-0.39, 0.29) is 5.92 Å². The van der Waals surface area contributed by atoms with Gasteiger partial charge in [0.2, 0.25) is 0 Å². The molecular weight excluding hydrogens is 104 g/mol. The highest BCUT2D eigenvalue weighted by Gasteiger charge is 2.29. The summed E-state index contributed by atoms with van der Waals surface area (Å²) in [6, 6.07) is 0.